The summed E-state index contributed by atoms with van der Waals surface area (Å²) >= 11 is 3.15. The van der Waals surface area contributed by atoms with Crippen LogP contribution in [0.1, 0.15) is 25.3 Å². The second-order valence-corrected chi connectivity index (χ2v) is 4.15. The van der Waals surface area contributed by atoms with Crippen molar-refractivity contribution in [3.63, 3.8) is 0 Å². The minimum absolute atomic E-state index is 0.0381. The van der Waals surface area contributed by atoms with Crippen LogP contribution in [0.25, 0.3) is 0 Å². The molecule has 72 valence electrons. The molecule has 0 saturated heterocycles. The molecule has 0 aromatic heterocycles. The summed E-state index contributed by atoms with van der Waals surface area (Å²) in [5.41, 5.74) is 6.38. The van der Waals surface area contributed by atoms with Gasteiger partial charge < -0.3 is 5.73 Å². The number of nitrogens with two attached hydrogens (primary N) is 1. The summed E-state index contributed by atoms with van der Waals surface area (Å²) in [7, 11) is 0. The standard InChI is InChI=1S/C10H13BrFN/c1-6(7(2)13)8-4-3-5-9(11)10(8)12/h3-7H,13H2,1-2H3. The van der Waals surface area contributed by atoms with Gasteiger partial charge in [-0.25, -0.2) is 4.39 Å². The Morgan fingerprint density at radius 2 is 2.00 bits per heavy atom. The average Bonchev–Trinajstić information content (AvgIpc) is 2.08. The van der Waals surface area contributed by atoms with Crippen LogP contribution in [0.5, 0.6) is 0 Å². The Hall–Kier alpha value is -0.410. The average molecular weight is 246 g/mol. The molecule has 0 amide bonds. The van der Waals surface area contributed by atoms with E-state index in [1.54, 1.807) is 12.1 Å². The lowest BCUT2D eigenvalue weighted by Gasteiger charge is -2.16. The summed E-state index contributed by atoms with van der Waals surface area (Å²) in [4.78, 5) is 0. The fraction of sp³-hybridized carbons (Fsp3) is 0.400. The predicted octanol–water partition coefficient (Wildman–Crippen LogP) is 3.04. The zero-order valence-electron chi connectivity index (χ0n) is 7.72. The first kappa shape index (κ1) is 10.7. The minimum atomic E-state index is -0.202. The van der Waals surface area contributed by atoms with Crippen LogP contribution in [0.4, 0.5) is 4.39 Å². The highest BCUT2D eigenvalue weighted by Gasteiger charge is 2.15. The van der Waals surface area contributed by atoms with Gasteiger partial charge in [0.15, 0.2) is 0 Å². The van der Waals surface area contributed by atoms with E-state index in [4.69, 9.17) is 5.73 Å². The fourth-order valence-corrected chi connectivity index (χ4v) is 1.54. The van der Waals surface area contributed by atoms with Crippen molar-refractivity contribution < 1.29 is 4.39 Å². The third-order valence-electron chi connectivity index (χ3n) is 2.26. The summed E-state index contributed by atoms with van der Waals surface area (Å²) in [6, 6.07) is 5.24. The van der Waals surface area contributed by atoms with Gasteiger partial charge in [0.05, 0.1) is 4.47 Å². The molecule has 0 aliphatic carbocycles. The third kappa shape index (κ3) is 2.29. The summed E-state index contributed by atoms with van der Waals surface area (Å²) in [6.07, 6.45) is 0. The topological polar surface area (TPSA) is 26.0 Å². The summed E-state index contributed by atoms with van der Waals surface area (Å²) in [6.45, 7) is 3.81. The van der Waals surface area contributed by atoms with Crippen LogP contribution in [-0.4, -0.2) is 6.04 Å². The maximum atomic E-state index is 13.5. The Kier molecular flexibility index (Phi) is 3.45. The van der Waals surface area contributed by atoms with Crippen molar-refractivity contribution in [1.82, 2.24) is 0 Å². The SMILES string of the molecule is CC(N)C(C)c1cccc(Br)c1F. The minimum Gasteiger partial charge on any atom is -0.327 e. The van der Waals surface area contributed by atoms with Crippen LogP contribution in [-0.2, 0) is 0 Å². The molecule has 0 spiro atoms. The lowest BCUT2D eigenvalue weighted by molar-refractivity contribution is 0.546. The van der Waals surface area contributed by atoms with Crippen LogP contribution in [0, 0.1) is 5.82 Å². The van der Waals surface area contributed by atoms with E-state index in [9.17, 15) is 4.39 Å². The van der Waals surface area contributed by atoms with Gasteiger partial charge in [-0.1, -0.05) is 19.1 Å². The Morgan fingerprint density at radius 3 is 2.54 bits per heavy atom. The molecule has 1 aromatic rings. The first-order valence-electron chi connectivity index (χ1n) is 4.23. The molecule has 1 aromatic carbocycles. The van der Waals surface area contributed by atoms with Gasteiger partial charge in [0, 0.05) is 6.04 Å². The maximum Gasteiger partial charge on any atom is 0.140 e. The van der Waals surface area contributed by atoms with Crippen LogP contribution in [0.3, 0.4) is 0 Å². The highest BCUT2D eigenvalue weighted by Crippen LogP contribution is 2.26. The van der Waals surface area contributed by atoms with E-state index in [1.807, 2.05) is 19.9 Å². The van der Waals surface area contributed by atoms with Gasteiger partial charge in [0.1, 0.15) is 5.82 Å². The quantitative estimate of drug-likeness (QED) is 0.852. The number of halogens is 2. The first-order valence-corrected chi connectivity index (χ1v) is 5.03. The highest BCUT2D eigenvalue weighted by molar-refractivity contribution is 9.10. The maximum absolute atomic E-state index is 13.5. The molecule has 2 unspecified atom stereocenters. The Balaban J connectivity index is 3.07. The van der Waals surface area contributed by atoms with Gasteiger partial charge in [-0.05, 0) is 40.4 Å². The Labute approximate surface area is 86.3 Å². The molecule has 0 fully saturated rings. The molecule has 13 heavy (non-hydrogen) atoms. The molecule has 1 rings (SSSR count). The van der Waals surface area contributed by atoms with Crippen molar-refractivity contribution in [2.75, 3.05) is 0 Å². The molecule has 2 atom stereocenters. The second kappa shape index (κ2) is 4.20. The third-order valence-corrected chi connectivity index (χ3v) is 2.87. The molecule has 2 N–H and O–H groups in total. The molecule has 0 saturated carbocycles. The largest absolute Gasteiger partial charge is 0.327 e. The van der Waals surface area contributed by atoms with Crippen molar-refractivity contribution in [2.45, 2.75) is 25.8 Å². The highest BCUT2D eigenvalue weighted by atomic mass is 79.9. The molecule has 0 bridgehead atoms. The second-order valence-electron chi connectivity index (χ2n) is 3.29. The number of rotatable bonds is 2. The van der Waals surface area contributed by atoms with E-state index in [-0.39, 0.29) is 17.8 Å². The van der Waals surface area contributed by atoms with Crippen molar-refractivity contribution >= 4 is 15.9 Å². The van der Waals surface area contributed by atoms with Gasteiger partial charge in [-0.2, -0.15) is 0 Å². The van der Waals surface area contributed by atoms with Crippen molar-refractivity contribution in [3.8, 4) is 0 Å². The normalized spacial score (nSPS) is 15.5. The van der Waals surface area contributed by atoms with Crippen LogP contribution in [0.2, 0.25) is 0 Å². The molecule has 1 nitrogen and oxygen atoms in total. The van der Waals surface area contributed by atoms with E-state index < -0.39 is 0 Å². The number of hydrogen-bond donors (Lipinski definition) is 1. The van der Waals surface area contributed by atoms with E-state index in [0.717, 1.165) is 0 Å². The van der Waals surface area contributed by atoms with Crippen LogP contribution >= 0.6 is 15.9 Å². The lowest BCUT2D eigenvalue weighted by atomic mass is 9.95. The van der Waals surface area contributed by atoms with Crippen LogP contribution < -0.4 is 5.73 Å². The fourth-order valence-electron chi connectivity index (χ4n) is 1.16. The van der Waals surface area contributed by atoms with E-state index in [2.05, 4.69) is 15.9 Å². The summed E-state index contributed by atoms with van der Waals surface area (Å²) in [5.74, 6) is -0.162. The first-order chi connectivity index (χ1) is 6.04. The summed E-state index contributed by atoms with van der Waals surface area (Å²) in [5, 5.41) is 0. The van der Waals surface area contributed by atoms with Crippen LogP contribution in [0.15, 0.2) is 22.7 Å². The van der Waals surface area contributed by atoms with E-state index in [0.29, 0.717) is 10.0 Å². The monoisotopic (exact) mass is 245 g/mol. The van der Waals surface area contributed by atoms with Gasteiger partial charge in [-0.3, -0.25) is 0 Å². The molecule has 0 radical (unpaired) electrons. The zero-order chi connectivity index (χ0) is 10.0. The van der Waals surface area contributed by atoms with Crippen molar-refractivity contribution in [2.24, 2.45) is 5.73 Å². The van der Waals surface area contributed by atoms with Crippen molar-refractivity contribution in [3.05, 3.63) is 34.1 Å². The Bertz CT molecular complexity index is 299. The van der Waals surface area contributed by atoms with E-state index >= 15 is 0 Å². The van der Waals surface area contributed by atoms with Crippen molar-refractivity contribution in [1.29, 1.82) is 0 Å². The van der Waals surface area contributed by atoms with Gasteiger partial charge in [-0.15, -0.1) is 0 Å². The number of benzene rings is 1. The van der Waals surface area contributed by atoms with E-state index in [1.165, 1.54) is 0 Å². The summed E-state index contributed by atoms with van der Waals surface area (Å²) < 4.78 is 14.0. The smallest absolute Gasteiger partial charge is 0.140 e. The lowest BCUT2D eigenvalue weighted by Crippen LogP contribution is -2.23. The predicted molar refractivity (Wildman–Crippen MR) is 56.2 cm³/mol. The van der Waals surface area contributed by atoms with Gasteiger partial charge >= 0.3 is 0 Å². The molecular formula is C10H13BrFN. The Morgan fingerprint density at radius 1 is 1.38 bits per heavy atom. The number of hydrogen-bond acceptors (Lipinski definition) is 1. The zero-order valence-corrected chi connectivity index (χ0v) is 9.31. The van der Waals surface area contributed by atoms with Gasteiger partial charge in [0.2, 0.25) is 0 Å². The molecular weight excluding hydrogens is 233 g/mol. The molecule has 0 aliphatic heterocycles. The van der Waals surface area contributed by atoms with Gasteiger partial charge in [0.25, 0.3) is 0 Å². The molecule has 0 heterocycles. The molecule has 3 heteroatoms. The molecule has 0 aliphatic rings.